The Balaban J connectivity index is 1.54. The van der Waals surface area contributed by atoms with Crippen LogP contribution in [0.25, 0.3) is 0 Å². The Hall–Kier alpha value is -2.16. The average molecular weight is 425 g/mol. The van der Waals surface area contributed by atoms with E-state index < -0.39 is 0 Å². The predicted molar refractivity (Wildman–Crippen MR) is 137 cm³/mol. The topological polar surface area (TPSA) is 33.3 Å². The van der Waals surface area contributed by atoms with Crippen molar-refractivity contribution in [3.63, 3.8) is 0 Å². The number of para-hydroxylation sites is 2. The van der Waals surface area contributed by atoms with Gasteiger partial charge in [-0.05, 0) is 55.5 Å². The minimum atomic E-state index is 0.682. The number of anilines is 2. The van der Waals surface area contributed by atoms with E-state index in [2.05, 4.69) is 54.8 Å². The SMILES string of the molecule is CCOc1ccccc1NCCNc1ccc(CCCCCCCCCC(C)C)cc1. The second-order valence-corrected chi connectivity index (χ2v) is 8.89. The number of aryl methyl sites for hydroxylation is 1. The van der Waals surface area contributed by atoms with Crippen LogP contribution in [0.4, 0.5) is 11.4 Å². The third-order valence-corrected chi connectivity index (χ3v) is 5.66. The van der Waals surface area contributed by atoms with Gasteiger partial charge in [0.15, 0.2) is 0 Å². The van der Waals surface area contributed by atoms with E-state index in [1.165, 1.54) is 69.0 Å². The fourth-order valence-electron chi connectivity index (χ4n) is 3.85. The van der Waals surface area contributed by atoms with Gasteiger partial charge in [0.05, 0.1) is 12.3 Å². The zero-order chi connectivity index (χ0) is 22.2. The molecule has 31 heavy (non-hydrogen) atoms. The Kier molecular flexibility index (Phi) is 12.6. The molecule has 2 aromatic rings. The van der Waals surface area contributed by atoms with Gasteiger partial charge in [0, 0.05) is 18.8 Å². The molecule has 0 amide bonds. The first kappa shape index (κ1) is 25.1. The third-order valence-electron chi connectivity index (χ3n) is 5.66. The molecule has 0 heterocycles. The van der Waals surface area contributed by atoms with Crippen LogP contribution in [0, 0.1) is 5.92 Å². The van der Waals surface area contributed by atoms with Crippen molar-refractivity contribution in [3.05, 3.63) is 54.1 Å². The van der Waals surface area contributed by atoms with Gasteiger partial charge in [0.2, 0.25) is 0 Å². The predicted octanol–water partition coefficient (Wildman–Crippen LogP) is 7.93. The summed E-state index contributed by atoms with van der Waals surface area (Å²) in [6.45, 7) is 9.06. The standard InChI is InChI=1S/C28H44N2O/c1-4-31-28-17-13-12-16-27(28)30-23-22-29-26-20-18-25(19-21-26)15-11-9-7-5-6-8-10-14-24(2)3/h12-13,16-21,24,29-30H,4-11,14-15,22-23H2,1-3H3. The molecule has 3 heteroatoms. The fraction of sp³-hybridized carbons (Fsp3) is 0.571. The molecule has 172 valence electrons. The summed E-state index contributed by atoms with van der Waals surface area (Å²) in [4.78, 5) is 0. The van der Waals surface area contributed by atoms with Crippen molar-refractivity contribution in [1.29, 1.82) is 0 Å². The Labute approximate surface area is 191 Å². The molecule has 2 aromatic carbocycles. The van der Waals surface area contributed by atoms with E-state index in [-0.39, 0.29) is 0 Å². The average Bonchev–Trinajstić information content (AvgIpc) is 2.77. The second kappa shape index (κ2) is 15.6. The number of nitrogens with one attached hydrogen (secondary N) is 2. The number of benzene rings is 2. The van der Waals surface area contributed by atoms with Crippen molar-refractivity contribution in [2.75, 3.05) is 30.3 Å². The highest BCUT2D eigenvalue weighted by atomic mass is 16.5. The molecular formula is C28H44N2O. The highest BCUT2D eigenvalue weighted by Crippen LogP contribution is 2.23. The third kappa shape index (κ3) is 11.1. The van der Waals surface area contributed by atoms with E-state index in [0.717, 1.165) is 30.4 Å². The number of hydrogen-bond donors (Lipinski definition) is 2. The monoisotopic (exact) mass is 424 g/mol. The van der Waals surface area contributed by atoms with E-state index >= 15 is 0 Å². The summed E-state index contributed by atoms with van der Waals surface area (Å²) in [5.41, 5.74) is 3.69. The molecule has 0 saturated carbocycles. The van der Waals surface area contributed by atoms with Crippen LogP contribution in [0.15, 0.2) is 48.5 Å². The van der Waals surface area contributed by atoms with Crippen LogP contribution in [0.5, 0.6) is 5.75 Å². The molecule has 3 nitrogen and oxygen atoms in total. The number of rotatable bonds is 17. The molecular weight excluding hydrogens is 380 g/mol. The van der Waals surface area contributed by atoms with Crippen LogP contribution in [-0.2, 0) is 6.42 Å². The van der Waals surface area contributed by atoms with E-state index in [1.807, 2.05) is 25.1 Å². The molecule has 0 radical (unpaired) electrons. The van der Waals surface area contributed by atoms with Gasteiger partial charge < -0.3 is 15.4 Å². The Morgan fingerprint density at radius 3 is 2.10 bits per heavy atom. The largest absolute Gasteiger partial charge is 0.492 e. The lowest BCUT2D eigenvalue weighted by Gasteiger charge is -2.13. The Morgan fingerprint density at radius 2 is 1.39 bits per heavy atom. The van der Waals surface area contributed by atoms with Crippen molar-refractivity contribution in [2.24, 2.45) is 5.92 Å². The highest BCUT2D eigenvalue weighted by Gasteiger charge is 2.01. The van der Waals surface area contributed by atoms with Gasteiger partial charge in [-0.1, -0.05) is 83.1 Å². The maximum Gasteiger partial charge on any atom is 0.142 e. The van der Waals surface area contributed by atoms with Crippen LogP contribution in [0.3, 0.4) is 0 Å². The molecule has 2 rings (SSSR count). The normalized spacial score (nSPS) is 11.0. The summed E-state index contributed by atoms with van der Waals surface area (Å²) < 4.78 is 5.66. The van der Waals surface area contributed by atoms with Gasteiger partial charge in [0.1, 0.15) is 5.75 Å². The van der Waals surface area contributed by atoms with Crippen molar-refractivity contribution >= 4 is 11.4 Å². The summed E-state index contributed by atoms with van der Waals surface area (Å²) in [6.07, 6.45) is 12.3. The second-order valence-electron chi connectivity index (χ2n) is 8.89. The van der Waals surface area contributed by atoms with Crippen LogP contribution >= 0.6 is 0 Å². The lowest BCUT2D eigenvalue weighted by molar-refractivity contribution is 0.342. The van der Waals surface area contributed by atoms with E-state index in [4.69, 9.17) is 4.74 Å². The van der Waals surface area contributed by atoms with Gasteiger partial charge in [-0.3, -0.25) is 0 Å². The molecule has 2 N–H and O–H groups in total. The molecule has 0 spiro atoms. The van der Waals surface area contributed by atoms with Crippen molar-refractivity contribution in [3.8, 4) is 5.75 Å². The highest BCUT2D eigenvalue weighted by molar-refractivity contribution is 5.56. The first-order valence-corrected chi connectivity index (χ1v) is 12.5. The first-order chi connectivity index (χ1) is 15.2. The first-order valence-electron chi connectivity index (χ1n) is 12.5. The van der Waals surface area contributed by atoms with Gasteiger partial charge >= 0.3 is 0 Å². The van der Waals surface area contributed by atoms with Crippen LogP contribution in [0.1, 0.15) is 77.7 Å². The Bertz CT molecular complexity index is 696. The quantitative estimate of drug-likeness (QED) is 0.253. The fourth-order valence-corrected chi connectivity index (χ4v) is 3.85. The van der Waals surface area contributed by atoms with Crippen LogP contribution in [-0.4, -0.2) is 19.7 Å². The molecule has 0 fully saturated rings. The zero-order valence-electron chi connectivity index (χ0n) is 20.1. The van der Waals surface area contributed by atoms with Gasteiger partial charge in [0.25, 0.3) is 0 Å². The lowest BCUT2D eigenvalue weighted by Crippen LogP contribution is -2.14. The molecule has 0 atom stereocenters. The van der Waals surface area contributed by atoms with Crippen molar-refractivity contribution < 1.29 is 4.74 Å². The van der Waals surface area contributed by atoms with Crippen molar-refractivity contribution in [1.82, 2.24) is 0 Å². The summed E-state index contributed by atoms with van der Waals surface area (Å²) in [6, 6.07) is 17.1. The van der Waals surface area contributed by atoms with Crippen molar-refractivity contribution in [2.45, 2.75) is 78.6 Å². The smallest absolute Gasteiger partial charge is 0.142 e. The van der Waals surface area contributed by atoms with E-state index in [9.17, 15) is 0 Å². The summed E-state index contributed by atoms with van der Waals surface area (Å²) in [7, 11) is 0. The van der Waals surface area contributed by atoms with E-state index in [1.54, 1.807) is 0 Å². The molecule has 0 aromatic heterocycles. The lowest BCUT2D eigenvalue weighted by atomic mass is 10.0. The molecule has 0 unspecified atom stereocenters. The van der Waals surface area contributed by atoms with E-state index in [0.29, 0.717) is 6.61 Å². The van der Waals surface area contributed by atoms with Gasteiger partial charge in [-0.15, -0.1) is 0 Å². The molecule has 0 aliphatic rings. The maximum absolute atomic E-state index is 5.66. The molecule has 0 saturated heterocycles. The maximum atomic E-state index is 5.66. The molecule has 0 bridgehead atoms. The minimum absolute atomic E-state index is 0.682. The summed E-state index contributed by atoms with van der Waals surface area (Å²) in [5.74, 6) is 1.78. The molecule has 0 aliphatic carbocycles. The zero-order valence-corrected chi connectivity index (χ0v) is 20.1. The van der Waals surface area contributed by atoms with Crippen LogP contribution in [0.2, 0.25) is 0 Å². The summed E-state index contributed by atoms with van der Waals surface area (Å²) >= 11 is 0. The Morgan fingerprint density at radius 1 is 0.742 bits per heavy atom. The summed E-state index contributed by atoms with van der Waals surface area (Å²) in [5, 5.41) is 6.95. The number of ether oxygens (including phenoxy) is 1. The van der Waals surface area contributed by atoms with Gasteiger partial charge in [-0.2, -0.15) is 0 Å². The van der Waals surface area contributed by atoms with Gasteiger partial charge in [-0.25, -0.2) is 0 Å². The van der Waals surface area contributed by atoms with Crippen LogP contribution < -0.4 is 15.4 Å². The number of hydrogen-bond acceptors (Lipinski definition) is 3. The number of unbranched alkanes of at least 4 members (excludes halogenated alkanes) is 6. The molecule has 0 aliphatic heterocycles. The minimum Gasteiger partial charge on any atom is -0.492 e.